The third-order valence-electron chi connectivity index (χ3n) is 7.71. The van der Waals surface area contributed by atoms with Gasteiger partial charge in [-0.1, -0.05) is 23.7 Å². The number of hydrogen-bond acceptors (Lipinski definition) is 8. The number of benzene rings is 2. The Labute approximate surface area is 244 Å². The zero-order valence-corrected chi connectivity index (χ0v) is 25.4. The van der Waals surface area contributed by atoms with Crippen LogP contribution in [0.3, 0.4) is 0 Å². The summed E-state index contributed by atoms with van der Waals surface area (Å²) in [5.41, 5.74) is 1.26. The molecule has 1 amide bonds. The first-order chi connectivity index (χ1) is 19.2. The van der Waals surface area contributed by atoms with Crippen molar-refractivity contribution in [2.45, 2.75) is 24.4 Å². The predicted molar refractivity (Wildman–Crippen MR) is 158 cm³/mol. The van der Waals surface area contributed by atoms with E-state index < -0.39 is 9.84 Å². The summed E-state index contributed by atoms with van der Waals surface area (Å²) >= 11 is 7.78. The fraction of sp³-hybridized carbons (Fsp3) is 0.500. The van der Waals surface area contributed by atoms with E-state index in [1.165, 1.54) is 10.6 Å². The van der Waals surface area contributed by atoms with Crippen LogP contribution < -0.4 is 4.80 Å². The highest BCUT2D eigenvalue weighted by molar-refractivity contribution is 7.91. The van der Waals surface area contributed by atoms with Crippen LogP contribution in [0.5, 0.6) is 0 Å². The highest BCUT2D eigenvalue weighted by Crippen LogP contribution is 2.24. The van der Waals surface area contributed by atoms with E-state index in [9.17, 15) is 13.2 Å². The molecule has 0 bridgehead atoms. The van der Waals surface area contributed by atoms with E-state index in [0.29, 0.717) is 18.1 Å². The molecule has 0 radical (unpaired) electrons. The van der Waals surface area contributed by atoms with Gasteiger partial charge in [-0.25, -0.2) is 8.42 Å². The molecule has 40 heavy (non-hydrogen) atoms. The summed E-state index contributed by atoms with van der Waals surface area (Å²) < 4.78 is 33.7. The third-order valence-corrected chi connectivity index (χ3v) is 10.9. The molecular formula is C28H36ClN5O4S2. The molecule has 0 spiro atoms. The molecule has 12 heteroatoms. The van der Waals surface area contributed by atoms with Crippen molar-refractivity contribution in [1.29, 1.82) is 0 Å². The zero-order chi connectivity index (χ0) is 28.3. The lowest BCUT2D eigenvalue weighted by Crippen LogP contribution is -2.48. The lowest BCUT2D eigenvalue weighted by molar-refractivity contribution is -0.132. The fourth-order valence-electron chi connectivity index (χ4n) is 5.27. The second-order valence-corrected chi connectivity index (χ2v) is 13.9. The van der Waals surface area contributed by atoms with Crippen molar-refractivity contribution in [3.63, 3.8) is 0 Å². The highest BCUT2D eigenvalue weighted by atomic mass is 35.5. The van der Waals surface area contributed by atoms with Gasteiger partial charge in [0.25, 0.3) is 0 Å². The number of fused-ring (bicyclic) bond motifs is 1. The van der Waals surface area contributed by atoms with E-state index in [2.05, 4.69) is 26.4 Å². The maximum absolute atomic E-state index is 13.0. The van der Waals surface area contributed by atoms with Crippen molar-refractivity contribution in [2.24, 2.45) is 12.0 Å². The molecule has 3 aromatic rings. The first kappa shape index (κ1) is 29.2. The summed E-state index contributed by atoms with van der Waals surface area (Å²) in [5, 5.41) is 2.29. The van der Waals surface area contributed by atoms with Crippen LogP contribution in [0.4, 0.5) is 0 Å². The largest absolute Gasteiger partial charge is 0.379 e. The van der Waals surface area contributed by atoms with Gasteiger partial charge < -0.3 is 14.2 Å². The SMILES string of the molecule is C/N=c1\sc(CN2CCOCC2)c(CN2CCN(C(=O)CCS(=O)(=O)c3ccc4cc(Cl)ccc4c3)CC2)n1C. The lowest BCUT2D eigenvalue weighted by atomic mass is 10.1. The number of sulfone groups is 1. The second-order valence-electron chi connectivity index (χ2n) is 10.3. The average Bonchev–Trinajstić information content (AvgIpc) is 3.25. The van der Waals surface area contributed by atoms with Crippen molar-refractivity contribution in [2.75, 3.05) is 65.3 Å². The van der Waals surface area contributed by atoms with Crippen molar-refractivity contribution in [3.8, 4) is 0 Å². The van der Waals surface area contributed by atoms with Crippen LogP contribution in [-0.4, -0.2) is 98.9 Å². The number of piperazine rings is 1. The highest BCUT2D eigenvalue weighted by Gasteiger charge is 2.25. The van der Waals surface area contributed by atoms with Gasteiger partial charge in [-0.15, -0.1) is 11.3 Å². The Morgan fingerprint density at radius 1 is 0.975 bits per heavy atom. The summed E-state index contributed by atoms with van der Waals surface area (Å²) in [4.78, 5) is 26.6. The van der Waals surface area contributed by atoms with Gasteiger partial charge in [0.2, 0.25) is 5.91 Å². The fourth-order valence-corrected chi connectivity index (χ4v) is 7.84. The molecule has 9 nitrogen and oxygen atoms in total. The monoisotopic (exact) mass is 605 g/mol. The Kier molecular flexibility index (Phi) is 9.28. The minimum absolute atomic E-state index is 0.0223. The van der Waals surface area contributed by atoms with E-state index in [1.54, 1.807) is 52.6 Å². The number of morpholine rings is 1. The van der Waals surface area contributed by atoms with Crippen LogP contribution in [0, 0.1) is 0 Å². The van der Waals surface area contributed by atoms with Gasteiger partial charge in [-0.3, -0.25) is 19.6 Å². The van der Waals surface area contributed by atoms with Crippen molar-refractivity contribution >= 4 is 49.5 Å². The van der Waals surface area contributed by atoms with Crippen molar-refractivity contribution in [1.82, 2.24) is 19.3 Å². The summed E-state index contributed by atoms with van der Waals surface area (Å²) in [6.07, 6.45) is -0.0223. The molecule has 5 rings (SSSR count). The van der Waals surface area contributed by atoms with E-state index in [-0.39, 0.29) is 23.0 Å². The Balaban J connectivity index is 1.16. The first-order valence-corrected chi connectivity index (χ1v) is 16.4. The molecule has 0 saturated carbocycles. The van der Waals surface area contributed by atoms with Crippen LogP contribution in [-0.2, 0) is 39.5 Å². The Morgan fingerprint density at radius 2 is 1.65 bits per heavy atom. The van der Waals surface area contributed by atoms with Crippen molar-refractivity contribution in [3.05, 3.63) is 56.8 Å². The number of aromatic nitrogens is 1. The minimum Gasteiger partial charge on any atom is -0.379 e. The van der Waals surface area contributed by atoms with Crippen LogP contribution in [0.25, 0.3) is 10.8 Å². The smallest absolute Gasteiger partial charge is 0.223 e. The number of carbonyl (C=O) groups excluding carboxylic acids is 1. The first-order valence-electron chi connectivity index (χ1n) is 13.6. The van der Waals surface area contributed by atoms with E-state index in [4.69, 9.17) is 16.3 Å². The molecule has 0 aliphatic carbocycles. The number of rotatable bonds is 8. The number of ether oxygens (including phenoxy) is 1. The van der Waals surface area contributed by atoms with Gasteiger partial charge in [0.1, 0.15) is 0 Å². The third kappa shape index (κ3) is 6.78. The van der Waals surface area contributed by atoms with Crippen LogP contribution >= 0.6 is 22.9 Å². The molecule has 1 aromatic heterocycles. The summed E-state index contributed by atoms with van der Waals surface area (Å²) in [7, 11) is 0.317. The molecule has 0 N–H and O–H groups in total. The molecule has 2 saturated heterocycles. The molecule has 3 heterocycles. The Bertz CT molecular complexity index is 1540. The zero-order valence-electron chi connectivity index (χ0n) is 23.0. The second kappa shape index (κ2) is 12.7. The molecular weight excluding hydrogens is 570 g/mol. The number of hydrogen-bond donors (Lipinski definition) is 0. The Morgan fingerprint density at radius 3 is 2.38 bits per heavy atom. The predicted octanol–water partition coefficient (Wildman–Crippen LogP) is 2.76. The van der Waals surface area contributed by atoms with Gasteiger partial charge in [-0.05, 0) is 35.0 Å². The van der Waals surface area contributed by atoms with Gasteiger partial charge in [0.15, 0.2) is 14.6 Å². The maximum Gasteiger partial charge on any atom is 0.223 e. The topological polar surface area (TPSA) is 87.5 Å². The van der Waals surface area contributed by atoms with Gasteiger partial charge in [0, 0.05) is 88.5 Å². The average molecular weight is 606 g/mol. The quantitative estimate of drug-likeness (QED) is 0.393. The molecule has 0 unspecified atom stereocenters. The molecule has 2 aliphatic heterocycles. The number of nitrogens with zero attached hydrogens (tertiary/aromatic N) is 5. The number of halogens is 1. The van der Waals surface area contributed by atoms with E-state index >= 15 is 0 Å². The van der Waals surface area contributed by atoms with E-state index in [0.717, 1.165) is 68.1 Å². The maximum atomic E-state index is 13.0. The normalized spacial score (nSPS) is 18.1. The number of amides is 1. The summed E-state index contributed by atoms with van der Waals surface area (Å²) in [6.45, 7) is 7.78. The van der Waals surface area contributed by atoms with Crippen LogP contribution in [0.15, 0.2) is 46.3 Å². The summed E-state index contributed by atoms with van der Waals surface area (Å²) in [5.74, 6) is -0.318. The molecule has 216 valence electrons. The molecule has 2 fully saturated rings. The molecule has 2 aromatic carbocycles. The lowest BCUT2D eigenvalue weighted by Gasteiger charge is -2.35. The van der Waals surface area contributed by atoms with Gasteiger partial charge in [0.05, 0.1) is 23.9 Å². The Hall–Kier alpha value is -2.28. The molecule has 0 atom stereocenters. The number of carbonyl (C=O) groups is 1. The van der Waals surface area contributed by atoms with Gasteiger partial charge >= 0.3 is 0 Å². The van der Waals surface area contributed by atoms with Gasteiger partial charge in [-0.2, -0.15) is 0 Å². The van der Waals surface area contributed by atoms with Crippen molar-refractivity contribution < 1.29 is 17.9 Å². The van der Waals surface area contributed by atoms with E-state index in [1.807, 2.05) is 7.05 Å². The molecule has 2 aliphatic rings. The summed E-state index contributed by atoms with van der Waals surface area (Å²) in [6, 6.07) is 10.3. The van der Waals surface area contributed by atoms with Crippen LogP contribution in [0.1, 0.15) is 17.0 Å². The van der Waals surface area contributed by atoms with Crippen LogP contribution in [0.2, 0.25) is 5.02 Å². The number of thiazole rings is 1. The standard InChI is InChI=1S/C28H36ClN5O4S2/c1-30-28-31(2)25(26(39-28)20-33-12-14-38-15-13-33)19-32-8-10-34(11-9-32)27(35)7-16-40(36,37)24-6-4-21-17-23(29)5-3-22(21)18-24/h3-6,17-18H,7-16,19-20H2,1-2H3/b30-28-. The minimum atomic E-state index is -3.58.